The molecule has 0 saturated heterocycles. The zero-order valence-corrected chi connectivity index (χ0v) is 10.0. The van der Waals surface area contributed by atoms with Gasteiger partial charge in [-0.1, -0.05) is 12.8 Å². The van der Waals surface area contributed by atoms with Gasteiger partial charge in [0.15, 0.2) is 0 Å². The number of carbonyl (C=O) groups excluding carboxylic acids is 1. The van der Waals surface area contributed by atoms with Gasteiger partial charge in [0.2, 0.25) is 0 Å². The molecule has 0 aliphatic heterocycles. The highest BCUT2D eigenvalue weighted by molar-refractivity contribution is 5.85. The Morgan fingerprint density at radius 1 is 1.40 bits per heavy atom. The van der Waals surface area contributed by atoms with Crippen molar-refractivity contribution in [2.45, 2.75) is 57.6 Å². The van der Waals surface area contributed by atoms with Crippen LogP contribution in [0.3, 0.4) is 0 Å². The second-order valence-electron chi connectivity index (χ2n) is 4.96. The van der Waals surface area contributed by atoms with Crippen LogP contribution in [0.15, 0.2) is 0 Å². The molecule has 2 N–H and O–H groups in total. The Labute approximate surface area is 97.1 Å². The minimum atomic E-state index is -0.477. The van der Waals surface area contributed by atoms with E-state index in [0.29, 0.717) is 5.41 Å². The third kappa shape index (κ3) is 2.64. The molecular formula is C11H20ClNO2. The number of hydrogen-bond donors (Lipinski definition) is 1. The summed E-state index contributed by atoms with van der Waals surface area (Å²) in [6.45, 7) is 1.67. The van der Waals surface area contributed by atoms with Gasteiger partial charge in [-0.2, -0.15) is 0 Å². The molecule has 2 saturated carbocycles. The summed E-state index contributed by atoms with van der Waals surface area (Å²) in [4.78, 5) is 11.2. The quantitative estimate of drug-likeness (QED) is 0.743. The lowest BCUT2D eigenvalue weighted by atomic mass is 9.65. The third-order valence-corrected chi connectivity index (χ3v) is 3.64. The maximum atomic E-state index is 11.2. The van der Waals surface area contributed by atoms with Gasteiger partial charge in [0.1, 0.15) is 12.1 Å². The van der Waals surface area contributed by atoms with Crippen molar-refractivity contribution in [3.05, 3.63) is 0 Å². The number of hydrogen-bond acceptors (Lipinski definition) is 3. The molecule has 0 amide bonds. The fourth-order valence-corrected chi connectivity index (χ4v) is 2.79. The molecule has 0 heterocycles. The molecule has 15 heavy (non-hydrogen) atoms. The summed E-state index contributed by atoms with van der Waals surface area (Å²) in [7, 11) is 0. The van der Waals surface area contributed by atoms with E-state index >= 15 is 0 Å². The van der Waals surface area contributed by atoms with E-state index in [4.69, 9.17) is 10.5 Å². The van der Waals surface area contributed by atoms with Crippen LogP contribution in [0.4, 0.5) is 0 Å². The second kappa shape index (κ2) is 4.71. The van der Waals surface area contributed by atoms with E-state index in [1.807, 2.05) is 0 Å². The van der Waals surface area contributed by atoms with Crippen molar-refractivity contribution >= 4 is 18.4 Å². The molecule has 0 aromatic rings. The highest BCUT2D eigenvalue weighted by Crippen LogP contribution is 2.54. The van der Waals surface area contributed by atoms with Crippen molar-refractivity contribution in [2.75, 3.05) is 0 Å². The third-order valence-electron chi connectivity index (χ3n) is 3.64. The SMILES string of the molecule is C[C@H](N)C(=O)OC1CC2(CCCC2)C1.Cl. The van der Waals surface area contributed by atoms with Crippen LogP contribution in [0.2, 0.25) is 0 Å². The molecule has 2 fully saturated rings. The van der Waals surface area contributed by atoms with E-state index in [1.54, 1.807) is 6.92 Å². The van der Waals surface area contributed by atoms with Gasteiger partial charge in [-0.3, -0.25) is 4.79 Å². The van der Waals surface area contributed by atoms with E-state index in [2.05, 4.69) is 0 Å². The predicted molar refractivity (Wildman–Crippen MR) is 60.9 cm³/mol. The van der Waals surface area contributed by atoms with Crippen molar-refractivity contribution in [3.8, 4) is 0 Å². The van der Waals surface area contributed by atoms with Crippen LogP contribution in [-0.4, -0.2) is 18.1 Å². The van der Waals surface area contributed by atoms with Gasteiger partial charge in [-0.25, -0.2) is 0 Å². The maximum absolute atomic E-state index is 11.2. The lowest BCUT2D eigenvalue weighted by Crippen LogP contribution is -2.44. The Balaban J connectivity index is 0.00000112. The van der Waals surface area contributed by atoms with Crippen molar-refractivity contribution in [3.63, 3.8) is 0 Å². The first-order valence-corrected chi connectivity index (χ1v) is 5.57. The van der Waals surface area contributed by atoms with Gasteiger partial charge in [0.25, 0.3) is 0 Å². The zero-order valence-electron chi connectivity index (χ0n) is 9.20. The van der Waals surface area contributed by atoms with Gasteiger partial charge in [-0.15, -0.1) is 12.4 Å². The number of nitrogens with two attached hydrogens (primary N) is 1. The van der Waals surface area contributed by atoms with Crippen LogP contribution in [0.5, 0.6) is 0 Å². The van der Waals surface area contributed by atoms with Gasteiger partial charge in [0.05, 0.1) is 0 Å². The van der Waals surface area contributed by atoms with Crippen LogP contribution < -0.4 is 5.73 Å². The molecule has 88 valence electrons. The molecule has 0 bridgehead atoms. The molecule has 0 radical (unpaired) electrons. The molecular weight excluding hydrogens is 214 g/mol. The van der Waals surface area contributed by atoms with E-state index < -0.39 is 6.04 Å². The first-order chi connectivity index (χ1) is 6.61. The molecule has 0 aromatic carbocycles. The Kier molecular flexibility index (Phi) is 4.01. The Morgan fingerprint density at radius 2 is 1.93 bits per heavy atom. The van der Waals surface area contributed by atoms with E-state index in [9.17, 15) is 4.79 Å². The number of carbonyl (C=O) groups is 1. The van der Waals surface area contributed by atoms with Crippen LogP contribution >= 0.6 is 12.4 Å². The topological polar surface area (TPSA) is 52.3 Å². The average molecular weight is 234 g/mol. The fraction of sp³-hybridized carbons (Fsp3) is 0.909. The molecule has 4 heteroatoms. The summed E-state index contributed by atoms with van der Waals surface area (Å²) in [5.74, 6) is -0.247. The first kappa shape index (κ1) is 12.8. The van der Waals surface area contributed by atoms with Crippen molar-refractivity contribution in [2.24, 2.45) is 11.1 Å². The lowest BCUT2D eigenvalue weighted by Gasteiger charge is -2.44. The minimum absolute atomic E-state index is 0. The largest absolute Gasteiger partial charge is 0.461 e. The molecule has 1 atom stereocenters. The van der Waals surface area contributed by atoms with Gasteiger partial charge >= 0.3 is 5.97 Å². The van der Waals surface area contributed by atoms with E-state index in [1.165, 1.54) is 25.7 Å². The molecule has 0 unspecified atom stereocenters. The van der Waals surface area contributed by atoms with Crippen molar-refractivity contribution < 1.29 is 9.53 Å². The number of esters is 1. The number of ether oxygens (including phenoxy) is 1. The number of rotatable bonds is 2. The van der Waals surface area contributed by atoms with Gasteiger partial charge in [-0.05, 0) is 38.0 Å². The Bertz CT molecular complexity index is 229. The molecule has 0 aromatic heterocycles. The summed E-state index contributed by atoms with van der Waals surface area (Å²) in [5.41, 5.74) is 5.98. The second-order valence-corrected chi connectivity index (χ2v) is 4.96. The molecule has 2 rings (SSSR count). The van der Waals surface area contributed by atoms with Crippen molar-refractivity contribution in [1.29, 1.82) is 0 Å². The van der Waals surface area contributed by atoms with Gasteiger partial charge < -0.3 is 10.5 Å². The normalized spacial score (nSPS) is 25.5. The van der Waals surface area contributed by atoms with Crippen LogP contribution in [0.1, 0.15) is 45.4 Å². The summed E-state index contributed by atoms with van der Waals surface area (Å²) >= 11 is 0. The molecule has 3 nitrogen and oxygen atoms in total. The lowest BCUT2D eigenvalue weighted by molar-refractivity contribution is -0.162. The van der Waals surface area contributed by atoms with Crippen LogP contribution in [0.25, 0.3) is 0 Å². The smallest absolute Gasteiger partial charge is 0.322 e. The van der Waals surface area contributed by atoms with E-state index in [-0.39, 0.29) is 24.5 Å². The summed E-state index contributed by atoms with van der Waals surface area (Å²) in [6.07, 6.45) is 7.68. The summed E-state index contributed by atoms with van der Waals surface area (Å²) in [5, 5.41) is 0. The standard InChI is InChI=1S/C11H19NO2.ClH/c1-8(12)10(13)14-9-6-11(7-9)4-2-3-5-11;/h8-9H,2-7,12H2,1H3;1H/t8-;/m0./s1. The highest BCUT2D eigenvalue weighted by atomic mass is 35.5. The van der Waals surface area contributed by atoms with Crippen LogP contribution in [0, 0.1) is 5.41 Å². The van der Waals surface area contributed by atoms with Crippen LogP contribution in [-0.2, 0) is 9.53 Å². The van der Waals surface area contributed by atoms with Gasteiger partial charge in [0, 0.05) is 0 Å². The summed E-state index contributed by atoms with van der Waals surface area (Å²) in [6, 6.07) is -0.477. The average Bonchev–Trinajstić information content (AvgIpc) is 2.51. The molecule has 2 aliphatic carbocycles. The fourth-order valence-electron chi connectivity index (χ4n) is 2.79. The monoisotopic (exact) mass is 233 g/mol. The first-order valence-electron chi connectivity index (χ1n) is 5.57. The van der Waals surface area contributed by atoms with Crippen molar-refractivity contribution in [1.82, 2.24) is 0 Å². The minimum Gasteiger partial charge on any atom is -0.461 e. The Morgan fingerprint density at radius 3 is 2.40 bits per heavy atom. The predicted octanol–water partition coefficient (Wildman–Crippen LogP) is 2.02. The zero-order chi connectivity index (χ0) is 10.2. The summed E-state index contributed by atoms with van der Waals surface area (Å²) < 4.78 is 5.27. The molecule has 1 spiro atoms. The maximum Gasteiger partial charge on any atom is 0.322 e. The van der Waals surface area contributed by atoms with E-state index in [0.717, 1.165) is 12.8 Å². The molecule has 2 aliphatic rings. The number of halogens is 1. The Hall–Kier alpha value is -0.280. The highest BCUT2D eigenvalue weighted by Gasteiger charge is 2.47.